The Kier molecular flexibility index (Phi) is 4.82. The largest absolute Gasteiger partial charge is 0.478 e. The van der Waals surface area contributed by atoms with Crippen LogP contribution in [0.2, 0.25) is 5.02 Å². The fraction of sp³-hybridized carbons (Fsp3) is 0. The zero-order chi connectivity index (χ0) is 14.5. The molecular formula is C15H10BrClO3. The van der Waals surface area contributed by atoms with Crippen LogP contribution < -0.4 is 4.74 Å². The number of para-hydroxylation sites is 1. The van der Waals surface area contributed by atoms with Crippen LogP contribution in [0.25, 0.3) is 6.08 Å². The molecule has 0 atom stereocenters. The Morgan fingerprint density at radius 3 is 2.65 bits per heavy atom. The van der Waals surface area contributed by atoms with Crippen molar-refractivity contribution < 1.29 is 14.6 Å². The summed E-state index contributed by atoms with van der Waals surface area (Å²) < 4.78 is 6.59. The van der Waals surface area contributed by atoms with Crippen molar-refractivity contribution in [3.8, 4) is 11.5 Å². The molecule has 0 fully saturated rings. The first-order valence-electron chi connectivity index (χ1n) is 5.69. The maximum Gasteiger partial charge on any atom is 0.328 e. The molecule has 1 N–H and O–H groups in total. The first kappa shape index (κ1) is 14.6. The zero-order valence-corrected chi connectivity index (χ0v) is 12.6. The van der Waals surface area contributed by atoms with Gasteiger partial charge >= 0.3 is 5.97 Å². The highest BCUT2D eigenvalue weighted by molar-refractivity contribution is 9.10. The number of ether oxygens (including phenoxy) is 1. The van der Waals surface area contributed by atoms with Gasteiger partial charge in [-0.25, -0.2) is 4.79 Å². The monoisotopic (exact) mass is 352 g/mol. The van der Waals surface area contributed by atoms with Crippen LogP contribution in [0.5, 0.6) is 11.5 Å². The van der Waals surface area contributed by atoms with Gasteiger partial charge in [-0.05, 0) is 52.3 Å². The summed E-state index contributed by atoms with van der Waals surface area (Å²) in [5, 5.41) is 9.21. The highest BCUT2D eigenvalue weighted by atomic mass is 79.9. The topological polar surface area (TPSA) is 46.5 Å². The van der Waals surface area contributed by atoms with Gasteiger partial charge in [-0.1, -0.05) is 23.7 Å². The van der Waals surface area contributed by atoms with Crippen molar-refractivity contribution in [3.05, 3.63) is 63.6 Å². The molecule has 0 heterocycles. The van der Waals surface area contributed by atoms with Crippen molar-refractivity contribution in [1.29, 1.82) is 0 Å². The fourth-order valence-electron chi connectivity index (χ4n) is 1.55. The Morgan fingerprint density at radius 1 is 1.20 bits per heavy atom. The van der Waals surface area contributed by atoms with Crippen LogP contribution in [0.1, 0.15) is 5.56 Å². The number of carboxylic acid groups (broad SMARTS) is 1. The predicted octanol–water partition coefficient (Wildman–Crippen LogP) is 4.99. The third kappa shape index (κ3) is 3.85. The lowest BCUT2D eigenvalue weighted by molar-refractivity contribution is -0.131. The molecule has 0 aliphatic carbocycles. The fourth-order valence-corrected chi connectivity index (χ4v) is 2.10. The number of aliphatic carboxylic acids is 1. The second-order valence-electron chi connectivity index (χ2n) is 3.89. The molecule has 2 aromatic carbocycles. The van der Waals surface area contributed by atoms with Gasteiger partial charge in [-0.3, -0.25) is 0 Å². The minimum Gasteiger partial charge on any atom is -0.478 e. The summed E-state index contributed by atoms with van der Waals surface area (Å²) in [4.78, 5) is 10.6. The van der Waals surface area contributed by atoms with Crippen LogP contribution in [-0.2, 0) is 4.79 Å². The standard InChI is InChI=1S/C15H10BrClO3/c16-12-3-1-2-4-14(12)20-13-7-6-11(17)9-10(13)5-8-15(18)19/h1-9H,(H,18,19)/b8-5+. The molecule has 0 aliphatic heterocycles. The van der Waals surface area contributed by atoms with Gasteiger partial charge < -0.3 is 9.84 Å². The Balaban J connectivity index is 2.36. The van der Waals surface area contributed by atoms with Gasteiger partial charge in [0.25, 0.3) is 0 Å². The summed E-state index contributed by atoms with van der Waals surface area (Å²) in [6.07, 6.45) is 2.49. The van der Waals surface area contributed by atoms with Crippen LogP contribution in [-0.4, -0.2) is 11.1 Å². The van der Waals surface area contributed by atoms with Gasteiger partial charge in [0, 0.05) is 16.7 Å². The number of carboxylic acids is 1. The smallest absolute Gasteiger partial charge is 0.328 e. The van der Waals surface area contributed by atoms with E-state index in [1.54, 1.807) is 18.2 Å². The van der Waals surface area contributed by atoms with E-state index in [1.165, 1.54) is 6.08 Å². The van der Waals surface area contributed by atoms with Crippen LogP contribution in [0, 0.1) is 0 Å². The molecule has 2 aromatic rings. The number of rotatable bonds is 4. The Bertz CT molecular complexity index is 668. The summed E-state index contributed by atoms with van der Waals surface area (Å²) >= 11 is 9.31. The van der Waals surface area contributed by atoms with Crippen molar-refractivity contribution in [2.24, 2.45) is 0 Å². The van der Waals surface area contributed by atoms with Gasteiger partial charge in [0.15, 0.2) is 0 Å². The maximum absolute atomic E-state index is 10.6. The summed E-state index contributed by atoms with van der Waals surface area (Å²) in [6, 6.07) is 12.4. The number of halogens is 2. The Labute approximate surface area is 129 Å². The first-order chi connectivity index (χ1) is 9.56. The highest BCUT2D eigenvalue weighted by Crippen LogP contribution is 2.33. The molecule has 0 amide bonds. The van der Waals surface area contributed by atoms with Crippen molar-refractivity contribution in [2.75, 3.05) is 0 Å². The van der Waals surface area contributed by atoms with E-state index in [0.29, 0.717) is 22.1 Å². The van der Waals surface area contributed by atoms with Gasteiger partial charge in [-0.2, -0.15) is 0 Å². The Morgan fingerprint density at radius 2 is 1.95 bits per heavy atom. The van der Waals surface area contributed by atoms with E-state index in [4.69, 9.17) is 21.4 Å². The van der Waals surface area contributed by atoms with E-state index in [1.807, 2.05) is 24.3 Å². The molecule has 0 saturated carbocycles. The number of carbonyl (C=O) groups is 1. The van der Waals surface area contributed by atoms with Crippen molar-refractivity contribution in [2.45, 2.75) is 0 Å². The Hall–Kier alpha value is -1.78. The molecule has 0 radical (unpaired) electrons. The van der Waals surface area contributed by atoms with E-state index in [9.17, 15) is 4.79 Å². The molecule has 2 rings (SSSR count). The number of hydrogen-bond donors (Lipinski definition) is 1. The lowest BCUT2D eigenvalue weighted by Crippen LogP contribution is -1.90. The molecular weight excluding hydrogens is 344 g/mol. The summed E-state index contributed by atoms with van der Waals surface area (Å²) in [5.74, 6) is 0.135. The quantitative estimate of drug-likeness (QED) is 0.787. The molecule has 0 bridgehead atoms. The van der Waals surface area contributed by atoms with Crippen LogP contribution >= 0.6 is 27.5 Å². The minimum absolute atomic E-state index is 0.509. The van der Waals surface area contributed by atoms with Crippen LogP contribution in [0.3, 0.4) is 0 Å². The second-order valence-corrected chi connectivity index (χ2v) is 5.18. The van der Waals surface area contributed by atoms with Crippen LogP contribution in [0.15, 0.2) is 53.0 Å². The molecule has 0 aliphatic rings. The molecule has 0 unspecified atom stereocenters. The van der Waals surface area contributed by atoms with Gasteiger partial charge in [0.05, 0.1) is 4.47 Å². The molecule has 0 spiro atoms. The van der Waals surface area contributed by atoms with Crippen LogP contribution in [0.4, 0.5) is 0 Å². The van der Waals surface area contributed by atoms with Crippen molar-refractivity contribution >= 4 is 39.6 Å². The number of benzene rings is 2. The molecule has 3 nitrogen and oxygen atoms in total. The SMILES string of the molecule is O=C(O)/C=C/c1cc(Cl)ccc1Oc1ccccc1Br. The average molecular weight is 354 g/mol. The minimum atomic E-state index is -1.03. The van der Waals surface area contributed by atoms with Gasteiger partial charge in [0.1, 0.15) is 11.5 Å². The molecule has 5 heteroatoms. The molecule has 0 saturated heterocycles. The first-order valence-corrected chi connectivity index (χ1v) is 6.86. The second kappa shape index (κ2) is 6.59. The molecule has 20 heavy (non-hydrogen) atoms. The van der Waals surface area contributed by atoms with Crippen molar-refractivity contribution in [3.63, 3.8) is 0 Å². The van der Waals surface area contributed by atoms with E-state index in [-0.39, 0.29) is 0 Å². The number of hydrogen-bond acceptors (Lipinski definition) is 2. The van der Waals surface area contributed by atoms with Gasteiger partial charge in [0.2, 0.25) is 0 Å². The van der Waals surface area contributed by atoms with E-state index in [2.05, 4.69) is 15.9 Å². The summed E-state index contributed by atoms with van der Waals surface area (Å²) in [5.41, 5.74) is 0.593. The van der Waals surface area contributed by atoms with Crippen molar-refractivity contribution in [1.82, 2.24) is 0 Å². The normalized spacial score (nSPS) is 10.7. The summed E-state index contributed by atoms with van der Waals surface area (Å²) in [6.45, 7) is 0. The highest BCUT2D eigenvalue weighted by Gasteiger charge is 2.06. The zero-order valence-electron chi connectivity index (χ0n) is 10.2. The maximum atomic E-state index is 10.6. The van der Waals surface area contributed by atoms with E-state index >= 15 is 0 Å². The average Bonchev–Trinajstić information content (AvgIpc) is 2.41. The third-order valence-electron chi connectivity index (χ3n) is 2.43. The predicted molar refractivity (Wildman–Crippen MR) is 82.3 cm³/mol. The lowest BCUT2D eigenvalue weighted by Gasteiger charge is -2.10. The van der Waals surface area contributed by atoms with E-state index < -0.39 is 5.97 Å². The van der Waals surface area contributed by atoms with Gasteiger partial charge in [-0.15, -0.1) is 0 Å². The summed E-state index contributed by atoms with van der Waals surface area (Å²) in [7, 11) is 0. The molecule has 0 aromatic heterocycles. The van der Waals surface area contributed by atoms with E-state index in [0.717, 1.165) is 10.5 Å². The molecule has 102 valence electrons. The lowest BCUT2D eigenvalue weighted by atomic mass is 10.2. The third-order valence-corrected chi connectivity index (χ3v) is 3.32.